The van der Waals surface area contributed by atoms with Crippen LogP contribution in [0.25, 0.3) is 0 Å². The van der Waals surface area contributed by atoms with Gasteiger partial charge in [0.25, 0.3) is 0 Å². The van der Waals surface area contributed by atoms with Crippen LogP contribution >= 0.6 is 15.9 Å². The van der Waals surface area contributed by atoms with Crippen LogP contribution in [0.15, 0.2) is 65.1 Å². The van der Waals surface area contributed by atoms with Gasteiger partial charge in [-0.05, 0) is 132 Å². The predicted molar refractivity (Wildman–Crippen MR) is 233 cm³/mol. The molecule has 0 radical (unpaired) electrons. The fraction of sp³-hybridized carbons (Fsp3) is 0.510. The molecule has 5 rings (SSSR count). The fourth-order valence-electron chi connectivity index (χ4n) is 7.65. The lowest BCUT2D eigenvalue weighted by Crippen LogP contribution is -2.26. The highest BCUT2D eigenvalue weighted by Gasteiger charge is 2.24. The number of para-hydroxylation sites is 2. The Morgan fingerprint density at radius 2 is 0.800 bits per heavy atom. The molecule has 1 aliphatic rings. The molecule has 55 heavy (non-hydrogen) atoms. The highest BCUT2D eigenvalue weighted by atomic mass is 79.9. The van der Waals surface area contributed by atoms with Crippen LogP contribution in [0.4, 0.5) is 0 Å². The van der Waals surface area contributed by atoms with E-state index in [1.54, 1.807) is 0 Å². The zero-order valence-corrected chi connectivity index (χ0v) is 36.9. The number of ether oxygens (including phenoxy) is 4. The van der Waals surface area contributed by atoms with Crippen LogP contribution < -0.4 is 18.9 Å². The Balaban J connectivity index is 1.82. The van der Waals surface area contributed by atoms with E-state index in [4.69, 9.17) is 18.9 Å². The van der Waals surface area contributed by atoms with Crippen molar-refractivity contribution in [2.24, 2.45) is 0 Å². The molecule has 8 bridgehead atoms. The maximum Gasteiger partial charge on any atom is 0.126 e. The van der Waals surface area contributed by atoms with E-state index >= 15 is 0 Å². The van der Waals surface area contributed by atoms with Crippen molar-refractivity contribution in [1.82, 2.24) is 4.90 Å². The number of fused-ring (bicyclic) bond motifs is 8. The molecule has 4 aromatic carbocycles. The second kappa shape index (κ2) is 20.1. The summed E-state index contributed by atoms with van der Waals surface area (Å²) in [7, 11) is 0. The molecule has 5 nitrogen and oxygen atoms in total. The zero-order valence-electron chi connectivity index (χ0n) is 35.3. The van der Waals surface area contributed by atoms with Crippen molar-refractivity contribution in [2.45, 2.75) is 152 Å². The SMILES string of the molecule is CCCCN(CCCC)Cc1cc2c(OC(C)C)c(c1)Cc1cc(Br)cc(c1OC(C)C)Cc1cccc(c1OC(C)C)Cc1cccc(c1OC(C)C)C2. The summed E-state index contributed by atoms with van der Waals surface area (Å²) in [6.07, 6.45) is 7.55. The van der Waals surface area contributed by atoms with Gasteiger partial charge in [-0.15, -0.1) is 0 Å². The number of hydrogen-bond acceptors (Lipinski definition) is 5. The van der Waals surface area contributed by atoms with E-state index in [2.05, 4.69) is 151 Å². The van der Waals surface area contributed by atoms with Gasteiger partial charge in [-0.3, -0.25) is 4.90 Å². The van der Waals surface area contributed by atoms with Gasteiger partial charge in [-0.25, -0.2) is 0 Å². The average molecular weight is 813 g/mol. The molecule has 0 fully saturated rings. The Bertz CT molecular complexity index is 1850. The number of halogens is 1. The fourth-order valence-corrected chi connectivity index (χ4v) is 8.20. The summed E-state index contributed by atoms with van der Waals surface area (Å²) in [5.74, 6) is 3.82. The van der Waals surface area contributed by atoms with Crippen LogP contribution in [0.1, 0.15) is 145 Å². The minimum atomic E-state index is 0.00498. The van der Waals surface area contributed by atoms with Crippen LogP contribution in [0.5, 0.6) is 23.0 Å². The van der Waals surface area contributed by atoms with Crippen LogP contribution in [0.2, 0.25) is 0 Å². The van der Waals surface area contributed by atoms with Gasteiger partial charge in [0.2, 0.25) is 0 Å². The van der Waals surface area contributed by atoms with Gasteiger partial charge in [-0.1, -0.05) is 91.1 Å². The normalized spacial score (nSPS) is 12.9. The molecule has 4 aromatic rings. The molecule has 0 saturated heterocycles. The van der Waals surface area contributed by atoms with E-state index in [1.165, 1.54) is 47.9 Å². The molecule has 0 spiro atoms. The van der Waals surface area contributed by atoms with Crippen LogP contribution in [0, 0.1) is 0 Å². The molecular formula is C49H66BrNO4. The van der Waals surface area contributed by atoms with Gasteiger partial charge < -0.3 is 18.9 Å². The van der Waals surface area contributed by atoms with Crippen molar-refractivity contribution in [2.75, 3.05) is 13.1 Å². The van der Waals surface area contributed by atoms with Crippen molar-refractivity contribution in [1.29, 1.82) is 0 Å². The molecule has 6 heteroatoms. The second-order valence-corrected chi connectivity index (χ2v) is 17.4. The molecule has 0 atom stereocenters. The standard InChI is InChI=1S/C49H66BrNO4/c1-11-13-21-51(22-14-12-2)31-36-23-41-26-39-19-15-17-37(46(39)52-32(3)4)25-38-18-16-20-40(47(38)53-33(5)6)27-43-29-45(50)30-44(49(43)55-35(9)10)28-42(24-36)48(41)54-34(7)8/h15-20,23-24,29-30,32-35H,11-14,21-22,25-28,31H2,1-10H3. The Labute approximate surface area is 341 Å². The third-order valence-electron chi connectivity index (χ3n) is 9.87. The molecule has 0 heterocycles. The number of hydrogen-bond donors (Lipinski definition) is 0. The molecule has 0 N–H and O–H groups in total. The van der Waals surface area contributed by atoms with Crippen molar-refractivity contribution in [3.8, 4) is 23.0 Å². The van der Waals surface area contributed by atoms with Crippen LogP contribution in [0.3, 0.4) is 0 Å². The molecule has 298 valence electrons. The maximum atomic E-state index is 6.89. The van der Waals surface area contributed by atoms with E-state index in [0.717, 1.165) is 74.9 Å². The maximum absolute atomic E-state index is 6.89. The van der Waals surface area contributed by atoms with Crippen LogP contribution in [-0.2, 0) is 32.2 Å². The smallest absolute Gasteiger partial charge is 0.126 e. The Morgan fingerprint density at radius 1 is 0.491 bits per heavy atom. The van der Waals surface area contributed by atoms with E-state index < -0.39 is 0 Å². The molecule has 1 aliphatic carbocycles. The average Bonchev–Trinajstić information content (AvgIpc) is 3.10. The van der Waals surface area contributed by atoms with Gasteiger partial charge in [0, 0.05) is 47.8 Å². The van der Waals surface area contributed by atoms with Gasteiger partial charge >= 0.3 is 0 Å². The van der Waals surface area contributed by atoms with Gasteiger partial charge in [-0.2, -0.15) is 0 Å². The Kier molecular flexibility index (Phi) is 15.6. The summed E-state index contributed by atoms with van der Waals surface area (Å²) >= 11 is 3.93. The Morgan fingerprint density at radius 3 is 1.15 bits per heavy atom. The number of benzene rings is 4. The second-order valence-electron chi connectivity index (χ2n) is 16.5. The summed E-state index contributed by atoms with van der Waals surface area (Å²) in [4.78, 5) is 2.65. The lowest BCUT2D eigenvalue weighted by atomic mass is 9.90. The largest absolute Gasteiger partial charge is 0.490 e. The third-order valence-corrected chi connectivity index (χ3v) is 10.3. The predicted octanol–water partition coefficient (Wildman–Crippen LogP) is 12.7. The number of unbranched alkanes of at least 4 members (excludes halogenated alkanes) is 2. The quantitative estimate of drug-likeness (QED) is 0.0992. The lowest BCUT2D eigenvalue weighted by molar-refractivity contribution is 0.233. The van der Waals surface area contributed by atoms with Gasteiger partial charge in [0.1, 0.15) is 23.0 Å². The Hall–Kier alpha value is -3.48. The molecular weight excluding hydrogens is 746 g/mol. The van der Waals surface area contributed by atoms with Crippen molar-refractivity contribution in [3.05, 3.63) is 115 Å². The first-order chi connectivity index (χ1) is 26.3. The summed E-state index contributed by atoms with van der Waals surface area (Å²) < 4.78 is 28.2. The first-order valence-electron chi connectivity index (χ1n) is 20.9. The first kappa shape index (κ1) is 42.7. The minimum Gasteiger partial charge on any atom is -0.490 e. The summed E-state index contributed by atoms with van der Waals surface area (Å²) in [6.45, 7) is 24.6. The summed E-state index contributed by atoms with van der Waals surface area (Å²) in [5.41, 5.74) is 10.6. The third kappa shape index (κ3) is 11.8. The highest BCUT2D eigenvalue weighted by Crippen LogP contribution is 2.41. The van der Waals surface area contributed by atoms with E-state index in [0.29, 0.717) is 25.7 Å². The molecule has 0 saturated carbocycles. The molecule has 0 amide bonds. The van der Waals surface area contributed by atoms with E-state index in [1.807, 2.05) is 0 Å². The molecule has 0 aromatic heterocycles. The zero-order chi connectivity index (χ0) is 39.6. The molecule has 0 unspecified atom stereocenters. The highest BCUT2D eigenvalue weighted by molar-refractivity contribution is 9.10. The number of nitrogens with zero attached hydrogens (tertiary/aromatic N) is 1. The van der Waals surface area contributed by atoms with E-state index in [9.17, 15) is 0 Å². The first-order valence-corrected chi connectivity index (χ1v) is 21.7. The number of rotatable bonds is 16. The molecule has 0 aliphatic heterocycles. The summed E-state index contributed by atoms with van der Waals surface area (Å²) in [6, 6.07) is 22.5. The van der Waals surface area contributed by atoms with Crippen molar-refractivity contribution in [3.63, 3.8) is 0 Å². The monoisotopic (exact) mass is 811 g/mol. The lowest BCUT2D eigenvalue weighted by Gasteiger charge is -2.27. The summed E-state index contributed by atoms with van der Waals surface area (Å²) in [5, 5.41) is 0. The van der Waals surface area contributed by atoms with Gasteiger partial charge in [0.15, 0.2) is 0 Å². The topological polar surface area (TPSA) is 40.2 Å². The van der Waals surface area contributed by atoms with Gasteiger partial charge in [0.05, 0.1) is 24.4 Å². The van der Waals surface area contributed by atoms with Crippen molar-refractivity contribution < 1.29 is 18.9 Å². The van der Waals surface area contributed by atoms with Crippen molar-refractivity contribution >= 4 is 15.9 Å². The minimum absolute atomic E-state index is 0.00498. The van der Waals surface area contributed by atoms with Crippen LogP contribution in [-0.4, -0.2) is 42.4 Å². The van der Waals surface area contributed by atoms with E-state index in [-0.39, 0.29) is 24.4 Å².